The maximum absolute atomic E-state index is 12.9. The Morgan fingerprint density at radius 2 is 1.79 bits per heavy atom. The van der Waals surface area contributed by atoms with E-state index in [0.29, 0.717) is 18.9 Å². The van der Waals surface area contributed by atoms with Crippen LogP contribution in [0, 0.1) is 11.7 Å². The van der Waals surface area contributed by atoms with E-state index in [4.69, 9.17) is 14.6 Å². The number of likely N-dealkylation sites (tertiary alicyclic amines) is 1. The minimum absolute atomic E-state index is 0.0981. The Labute approximate surface area is 159 Å². The Morgan fingerprint density at radius 1 is 1.18 bits per heavy atom. The van der Waals surface area contributed by atoms with Crippen LogP contribution in [0.25, 0.3) is 0 Å². The highest BCUT2D eigenvalue weighted by Crippen LogP contribution is 2.23. The number of rotatable bonds is 2. The lowest BCUT2D eigenvalue weighted by molar-refractivity contribution is -0.192. The van der Waals surface area contributed by atoms with E-state index in [2.05, 4.69) is 11.9 Å². The summed E-state index contributed by atoms with van der Waals surface area (Å²) in [4.78, 5) is 25.4. The Bertz CT molecular complexity index is 681. The van der Waals surface area contributed by atoms with Gasteiger partial charge in [0.25, 0.3) is 0 Å². The third kappa shape index (κ3) is 6.45. The molecule has 3 rings (SSSR count). The Balaban J connectivity index is 0.000000345. The van der Waals surface area contributed by atoms with Crippen LogP contribution in [0.3, 0.4) is 0 Å². The summed E-state index contributed by atoms with van der Waals surface area (Å²) in [6.07, 6.45) is -4.60. The summed E-state index contributed by atoms with van der Waals surface area (Å²) in [5.74, 6) is -2.53. The molecule has 0 unspecified atom stereocenters. The van der Waals surface area contributed by atoms with Gasteiger partial charge in [0.2, 0.25) is 5.91 Å². The Hall–Kier alpha value is -2.20. The first-order valence-electron chi connectivity index (χ1n) is 8.68. The van der Waals surface area contributed by atoms with Crippen molar-refractivity contribution in [2.75, 3.05) is 39.8 Å². The average molecular weight is 406 g/mol. The molecular formula is C18H22F4N2O4. The number of hydrogen-bond donors (Lipinski definition) is 1. The predicted octanol–water partition coefficient (Wildman–Crippen LogP) is 1.79. The van der Waals surface area contributed by atoms with Gasteiger partial charge in [-0.25, -0.2) is 9.18 Å². The van der Waals surface area contributed by atoms with Crippen LogP contribution in [0.2, 0.25) is 0 Å². The lowest BCUT2D eigenvalue weighted by Crippen LogP contribution is -2.33. The van der Waals surface area contributed by atoms with Crippen LogP contribution < -0.4 is 0 Å². The number of aliphatic carboxylic acids is 1. The van der Waals surface area contributed by atoms with Crippen molar-refractivity contribution in [1.29, 1.82) is 0 Å². The van der Waals surface area contributed by atoms with Crippen molar-refractivity contribution >= 4 is 11.9 Å². The summed E-state index contributed by atoms with van der Waals surface area (Å²) in [5.41, 5.74) is 0.853. The highest BCUT2D eigenvalue weighted by Gasteiger charge is 2.38. The van der Waals surface area contributed by atoms with Crippen LogP contribution in [0.15, 0.2) is 24.3 Å². The zero-order valence-corrected chi connectivity index (χ0v) is 15.3. The SMILES string of the molecule is CN1CCO[C@@H]2CN(C(=O)Cc3ccc(F)cc3)C[C@@H]2C1.O=C(O)C(F)(F)F. The second-order valence-electron chi connectivity index (χ2n) is 6.84. The topological polar surface area (TPSA) is 70.1 Å². The number of fused-ring (bicyclic) bond motifs is 1. The monoisotopic (exact) mass is 406 g/mol. The van der Waals surface area contributed by atoms with Crippen molar-refractivity contribution < 1.29 is 37.0 Å². The fraction of sp³-hybridized carbons (Fsp3) is 0.556. The van der Waals surface area contributed by atoms with E-state index in [1.807, 2.05) is 4.90 Å². The molecule has 0 spiro atoms. The number of nitrogens with zero attached hydrogens (tertiary/aromatic N) is 2. The van der Waals surface area contributed by atoms with Crippen molar-refractivity contribution in [1.82, 2.24) is 9.80 Å². The number of hydrogen-bond acceptors (Lipinski definition) is 4. The molecule has 0 aliphatic carbocycles. The number of carbonyl (C=O) groups excluding carboxylic acids is 1. The molecule has 1 aromatic carbocycles. The van der Waals surface area contributed by atoms with Crippen LogP contribution in [-0.4, -0.2) is 78.9 Å². The van der Waals surface area contributed by atoms with Crippen LogP contribution in [-0.2, 0) is 20.7 Å². The predicted molar refractivity (Wildman–Crippen MR) is 91.1 cm³/mol. The molecule has 2 heterocycles. The molecule has 0 bridgehead atoms. The van der Waals surface area contributed by atoms with Crippen LogP contribution in [0.1, 0.15) is 5.56 Å². The second kappa shape index (κ2) is 9.33. The fourth-order valence-corrected chi connectivity index (χ4v) is 3.15. The highest BCUT2D eigenvalue weighted by atomic mass is 19.4. The molecular weight excluding hydrogens is 384 g/mol. The third-order valence-electron chi connectivity index (χ3n) is 4.60. The van der Waals surface area contributed by atoms with Gasteiger partial charge < -0.3 is 19.6 Å². The number of ether oxygens (including phenoxy) is 1. The molecule has 0 aromatic heterocycles. The Morgan fingerprint density at radius 3 is 2.36 bits per heavy atom. The molecule has 0 radical (unpaired) electrons. The number of alkyl halides is 3. The molecule has 10 heteroatoms. The molecule has 0 saturated carbocycles. The Kier molecular flexibility index (Phi) is 7.36. The molecule has 1 N–H and O–H groups in total. The number of carbonyl (C=O) groups is 2. The number of carboxylic acid groups (broad SMARTS) is 1. The summed E-state index contributed by atoms with van der Waals surface area (Å²) in [6, 6.07) is 6.14. The molecule has 1 amide bonds. The van der Waals surface area contributed by atoms with E-state index >= 15 is 0 Å². The van der Waals surface area contributed by atoms with E-state index in [0.717, 1.165) is 31.8 Å². The van der Waals surface area contributed by atoms with E-state index in [1.165, 1.54) is 12.1 Å². The number of carboxylic acids is 1. The first-order valence-corrected chi connectivity index (χ1v) is 8.68. The minimum atomic E-state index is -5.08. The minimum Gasteiger partial charge on any atom is -0.475 e. The van der Waals surface area contributed by atoms with Gasteiger partial charge in [-0.05, 0) is 24.7 Å². The fourth-order valence-electron chi connectivity index (χ4n) is 3.15. The van der Waals surface area contributed by atoms with Gasteiger partial charge in [-0.1, -0.05) is 12.1 Å². The number of likely N-dealkylation sites (N-methyl/N-ethyl adjacent to an activating group) is 1. The smallest absolute Gasteiger partial charge is 0.475 e. The second-order valence-corrected chi connectivity index (χ2v) is 6.84. The number of benzene rings is 1. The van der Waals surface area contributed by atoms with Gasteiger partial charge >= 0.3 is 12.1 Å². The standard InChI is InChI=1S/C16H21FN2O2.C2HF3O2/c1-18-6-7-21-15-11-19(10-13(15)9-18)16(20)8-12-2-4-14(17)5-3-12;3-2(4,5)1(6)7/h2-5,13,15H,6-11H2,1H3;(H,6,7)/t13-,15+;/m0./s1. The van der Waals surface area contributed by atoms with Crippen molar-refractivity contribution in [3.63, 3.8) is 0 Å². The van der Waals surface area contributed by atoms with Gasteiger partial charge in [0.1, 0.15) is 5.82 Å². The summed E-state index contributed by atoms with van der Waals surface area (Å²) < 4.78 is 50.5. The maximum Gasteiger partial charge on any atom is 0.490 e. The molecule has 2 aliphatic heterocycles. The zero-order valence-electron chi connectivity index (χ0n) is 15.3. The normalized spacial score (nSPS) is 22.7. The first kappa shape index (κ1) is 22.1. The van der Waals surface area contributed by atoms with Gasteiger partial charge in [0.15, 0.2) is 0 Å². The van der Waals surface area contributed by atoms with Crippen LogP contribution >= 0.6 is 0 Å². The van der Waals surface area contributed by atoms with Gasteiger partial charge in [-0.2, -0.15) is 13.2 Å². The van der Waals surface area contributed by atoms with Gasteiger partial charge in [-0.15, -0.1) is 0 Å². The molecule has 2 fully saturated rings. The van der Waals surface area contributed by atoms with Gasteiger partial charge in [0, 0.05) is 32.1 Å². The first-order chi connectivity index (χ1) is 13.1. The third-order valence-corrected chi connectivity index (χ3v) is 4.60. The quantitative estimate of drug-likeness (QED) is 0.759. The van der Waals surface area contributed by atoms with E-state index < -0.39 is 12.1 Å². The molecule has 156 valence electrons. The van der Waals surface area contributed by atoms with Crippen molar-refractivity contribution in [2.24, 2.45) is 5.92 Å². The van der Waals surface area contributed by atoms with Crippen molar-refractivity contribution in [2.45, 2.75) is 18.7 Å². The van der Waals surface area contributed by atoms with E-state index in [-0.39, 0.29) is 17.8 Å². The molecule has 28 heavy (non-hydrogen) atoms. The van der Waals surface area contributed by atoms with E-state index in [1.54, 1.807) is 12.1 Å². The van der Waals surface area contributed by atoms with Gasteiger partial charge in [-0.3, -0.25) is 4.79 Å². The zero-order chi connectivity index (χ0) is 20.9. The lowest BCUT2D eigenvalue weighted by Gasteiger charge is -2.19. The number of halogens is 4. The molecule has 2 atom stereocenters. The number of amides is 1. The maximum atomic E-state index is 12.9. The molecule has 2 aliphatic rings. The van der Waals surface area contributed by atoms with E-state index in [9.17, 15) is 22.4 Å². The summed E-state index contributed by atoms with van der Waals surface area (Å²) in [5, 5.41) is 7.12. The van der Waals surface area contributed by atoms with Crippen molar-refractivity contribution in [3.05, 3.63) is 35.6 Å². The highest BCUT2D eigenvalue weighted by molar-refractivity contribution is 5.79. The average Bonchev–Trinajstić information content (AvgIpc) is 2.91. The summed E-state index contributed by atoms with van der Waals surface area (Å²) in [7, 11) is 2.09. The molecule has 1 aromatic rings. The van der Waals surface area contributed by atoms with Gasteiger partial charge in [0.05, 0.1) is 19.1 Å². The van der Waals surface area contributed by atoms with Crippen LogP contribution in [0.4, 0.5) is 17.6 Å². The summed E-state index contributed by atoms with van der Waals surface area (Å²) >= 11 is 0. The lowest BCUT2D eigenvalue weighted by atomic mass is 10.1. The molecule has 2 saturated heterocycles. The van der Waals surface area contributed by atoms with Crippen LogP contribution in [0.5, 0.6) is 0 Å². The van der Waals surface area contributed by atoms with Crippen molar-refractivity contribution in [3.8, 4) is 0 Å². The largest absolute Gasteiger partial charge is 0.490 e. The summed E-state index contributed by atoms with van der Waals surface area (Å²) in [6.45, 7) is 4.10. The molecule has 6 nitrogen and oxygen atoms in total.